The predicted molar refractivity (Wildman–Crippen MR) is 150 cm³/mol. The average Bonchev–Trinajstić information content (AvgIpc) is 2.93. The van der Waals surface area contributed by atoms with E-state index in [2.05, 4.69) is 39.9 Å². The number of hydrogen-bond donors (Lipinski definition) is 6. The van der Waals surface area contributed by atoms with Crippen LogP contribution >= 0.6 is 12.0 Å². The van der Waals surface area contributed by atoms with Crippen LogP contribution in [0.4, 0.5) is 23.0 Å². The first-order chi connectivity index (χ1) is 20.4. The largest absolute Gasteiger partial charge is 0.505 e. The molecule has 17 nitrogen and oxygen atoms in total. The summed E-state index contributed by atoms with van der Waals surface area (Å²) < 4.78 is 72.4. The van der Waals surface area contributed by atoms with Crippen LogP contribution in [-0.4, -0.2) is 51.3 Å². The highest BCUT2D eigenvalue weighted by Crippen LogP contribution is 2.45. The topological polar surface area (TPSA) is 263 Å². The molecule has 0 fully saturated rings. The Morgan fingerprint density at radius 2 is 1.67 bits per heavy atom. The Morgan fingerprint density at radius 1 is 0.907 bits per heavy atom. The van der Waals surface area contributed by atoms with E-state index in [4.69, 9.17) is 5.26 Å². The number of fused-ring (bicyclic) bond motifs is 2. The van der Waals surface area contributed by atoms with E-state index in [1.54, 1.807) is 6.07 Å². The van der Waals surface area contributed by atoms with E-state index in [9.17, 15) is 35.8 Å². The van der Waals surface area contributed by atoms with Crippen molar-refractivity contribution in [3.8, 4) is 5.75 Å². The zero-order valence-electron chi connectivity index (χ0n) is 20.9. The maximum absolute atomic E-state index is 12.4. The predicted octanol–water partition coefficient (Wildman–Crippen LogP) is 4.26. The molecular formula is C23H16N6O11S3. The summed E-state index contributed by atoms with van der Waals surface area (Å²) in [4.78, 5) is 19.8. The number of benzene rings is 4. The van der Waals surface area contributed by atoms with Gasteiger partial charge < -0.3 is 10.4 Å². The summed E-state index contributed by atoms with van der Waals surface area (Å²) in [7, 11) is -9.81. The summed E-state index contributed by atoms with van der Waals surface area (Å²) in [6, 6.07) is 11.6. The van der Waals surface area contributed by atoms with Gasteiger partial charge in [0.25, 0.3) is 20.2 Å². The molecule has 1 heterocycles. The van der Waals surface area contributed by atoms with Gasteiger partial charge in [0.1, 0.15) is 27.5 Å². The van der Waals surface area contributed by atoms with Gasteiger partial charge in [-0.2, -0.15) is 21.8 Å². The van der Waals surface area contributed by atoms with E-state index in [0.717, 1.165) is 30.6 Å². The van der Waals surface area contributed by atoms with E-state index in [1.165, 1.54) is 24.3 Å². The number of aromatic amines is 1. The first-order valence-corrected chi connectivity index (χ1v) is 15.0. The highest BCUT2D eigenvalue weighted by molar-refractivity contribution is 7.94. The zero-order valence-corrected chi connectivity index (χ0v) is 23.4. The number of H-pyrrole nitrogens is 1. The molecule has 4 aromatic carbocycles. The Hall–Kier alpha value is -4.54. The maximum Gasteiger partial charge on any atom is 0.349 e. The molecule has 0 radical (unpaired) electrons. The Balaban J connectivity index is 1.64. The third-order valence-corrected chi connectivity index (χ3v) is 8.28. The lowest BCUT2D eigenvalue weighted by molar-refractivity contribution is -0.432. The molecule has 0 aliphatic carbocycles. The molecular weight excluding hydrogens is 632 g/mol. The van der Waals surface area contributed by atoms with Crippen LogP contribution in [0.25, 0.3) is 21.5 Å². The standard InChI is InChI=1S/C23H16N6O11S3/c30-20-13-5-4-12(26-22-24-10-25-23(31)27-22)8-11(13)9-17(41-40-39-32)19(20)29-28-16-7-6-14-15(21(16)43(36,37)38)2-1-3-18(14)42(33,34)35/h1-10,30,32H,(H,33,34,35)(H,36,37,38)(H2,24,25,26,27,31). The quantitative estimate of drug-likeness (QED) is 0.0429. The molecule has 0 aliphatic rings. The molecule has 222 valence electrons. The Morgan fingerprint density at radius 3 is 2.37 bits per heavy atom. The second-order valence-electron chi connectivity index (χ2n) is 8.43. The van der Waals surface area contributed by atoms with Crippen LogP contribution in [0.2, 0.25) is 0 Å². The zero-order chi connectivity index (χ0) is 30.9. The van der Waals surface area contributed by atoms with E-state index in [-0.39, 0.29) is 32.7 Å². The molecule has 0 bridgehead atoms. The number of hydrogen-bond acceptors (Lipinski definition) is 15. The number of nitrogens with one attached hydrogen (secondary N) is 2. The average molecular weight is 649 g/mol. The van der Waals surface area contributed by atoms with Crippen LogP contribution in [0.5, 0.6) is 5.75 Å². The van der Waals surface area contributed by atoms with Gasteiger partial charge in [0, 0.05) is 21.8 Å². The first kappa shape index (κ1) is 29.9. The molecule has 5 aromatic rings. The molecule has 0 saturated heterocycles. The number of phenols is 1. The van der Waals surface area contributed by atoms with Crippen molar-refractivity contribution < 1.29 is 45.7 Å². The minimum atomic E-state index is -5.04. The molecule has 0 atom stereocenters. The third-order valence-electron chi connectivity index (χ3n) is 5.80. The first-order valence-electron chi connectivity index (χ1n) is 11.4. The fourth-order valence-corrected chi connectivity index (χ4v) is 6.15. The number of rotatable bonds is 9. The van der Waals surface area contributed by atoms with Crippen molar-refractivity contribution in [1.82, 2.24) is 15.0 Å². The lowest BCUT2D eigenvalue weighted by Gasteiger charge is -2.12. The number of aromatic nitrogens is 3. The molecule has 20 heteroatoms. The second-order valence-corrected chi connectivity index (χ2v) is 11.9. The lowest BCUT2D eigenvalue weighted by Crippen LogP contribution is -2.12. The van der Waals surface area contributed by atoms with Crippen LogP contribution in [-0.2, 0) is 29.6 Å². The van der Waals surface area contributed by atoms with Gasteiger partial charge in [0.15, 0.2) is 5.75 Å². The van der Waals surface area contributed by atoms with Gasteiger partial charge in [-0.05, 0) is 41.8 Å². The highest BCUT2D eigenvalue weighted by Gasteiger charge is 2.24. The molecule has 0 spiro atoms. The van der Waals surface area contributed by atoms with E-state index < -0.39 is 47.2 Å². The van der Waals surface area contributed by atoms with Gasteiger partial charge in [-0.3, -0.25) is 14.1 Å². The SMILES string of the molecule is O=c1ncnc(Nc2ccc3c(O)c(N=Nc4ccc5c(S(=O)(=O)O)cccc5c4S(=O)(=O)O)c(SOOO)cc3c2)[nH]1. The Labute approximate surface area is 244 Å². The van der Waals surface area contributed by atoms with Crippen molar-refractivity contribution in [3.63, 3.8) is 0 Å². The smallest absolute Gasteiger partial charge is 0.349 e. The van der Waals surface area contributed by atoms with Crippen LogP contribution in [0.1, 0.15) is 0 Å². The van der Waals surface area contributed by atoms with Crippen LogP contribution in [0.3, 0.4) is 0 Å². The second kappa shape index (κ2) is 11.6. The fourth-order valence-electron chi connectivity index (χ4n) is 4.12. The normalized spacial score (nSPS) is 12.3. The molecule has 43 heavy (non-hydrogen) atoms. The third kappa shape index (κ3) is 6.30. The number of phenolic OH excluding ortho intramolecular Hbond substituents is 1. The molecule has 0 unspecified atom stereocenters. The molecule has 1 aromatic heterocycles. The fraction of sp³-hybridized carbons (Fsp3) is 0. The van der Waals surface area contributed by atoms with Crippen molar-refractivity contribution in [2.45, 2.75) is 14.7 Å². The van der Waals surface area contributed by atoms with Gasteiger partial charge in [0.05, 0.1) is 16.9 Å². The summed E-state index contributed by atoms with van der Waals surface area (Å²) in [6.45, 7) is 0. The van der Waals surface area contributed by atoms with Gasteiger partial charge >= 0.3 is 5.69 Å². The van der Waals surface area contributed by atoms with Gasteiger partial charge in [-0.25, -0.2) is 15.0 Å². The maximum atomic E-state index is 12.4. The van der Waals surface area contributed by atoms with Crippen molar-refractivity contribution in [1.29, 1.82) is 0 Å². The monoisotopic (exact) mass is 648 g/mol. The summed E-state index contributed by atoms with van der Waals surface area (Å²) in [5.41, 5.74) is -0.920. The number of aromatic hydroxyl groups is 1. The lowest BCUT2D eigenvalue weighted by atomic mass is 10.1. The number of azo groups is 1. The molecule has 5 rings (SSSR count). The Bertz CT molecular complexity index is 2210. The summed E-state index contributed by atoms with van der Waals surface area (Å²) in [5, 5.41) is 34.2. The van der Waals surface area contributed by atoms with E-state index in [0.29, 0.717) is 23.1 Å². The van der Waals surface area contributed by atoms with Crippen molar-refractivity contribution in [2.24, 2.45) is 10.2 Å². The van der Waals surface area contributed by atoms with Gasteiger partial charge in [-0.15, -0.1) is 14.6 Å². The molecule has 6 N–H and O–H groups in total. The van der Waals surface area contributed by atoms with Gasteiger partial charge in [0.2, 0.25) is 5.95 Å². The minimum Gasteiger partial charge on any atom is -0.505 e. The summed E-state index contributed by atoms with van der Waals surface area (Å²) in [6.07, 6.45) is 1.06. The number of nitrogens with zero attached hydrogens (tertiary/aromatic N) is 4. The van der Waals surface area contributed by atoms with E-state index in [1.807, 2.05) is 0 Å². The van der Waals surface area contributed by atoms with Crippen LogP contribution < -0.4 is 11.0 Å². The Kier molecular flexibility index (Phi) is 8.09. The van der Waals surface area contributed by atoms with Crippen molar-refractivity contribution >= 4 is 76.8 Å². The molecule has 0 aliphatic heterocycles. The van der Waals surface area contributed by atoms with E-state index >= 15 is 0 Å². The van der Waals surface area contributed by atoms with Crippen LogP contribution in [0, 0.1) is 0 Å². The molecule has 0 amide bonds. The molecule has 0 saturated carbocycles. The van der Waals surface area contributed by atoms with Crippen molar-refractivity contribution in [3.05, 3.63) is 71.4 Å². The van der Waals surface area contributed by atoms with Crippen LogP contribution in [0.15, 0.2) is 90.6 Å². The minimum absolute atomic E-state index is 0.0123. The number of anilines is 2. The van der Waals surface area contributed by atoms with Crippen molar-refractivity contribution in [2.75, 3.05) is 5.32 Å². The van der Waals surface area contributed by atoms with Gasteiger partial charge in [-0.1, -0.05) is 23.2 Å². The highest BCUT2D eigenvalue weighted by atomic mass is 32.2. The summed E-state index contributed by atoms with van der Waals surface area (Å²) in [5.74, 6) is -0.371. The summed E-state index contributed by atoms with van der Waals surface area (Å²) >= 11 is 0.403.